The lowest BCUT2D eigenvalue weighted by molar-refractivity contribution is 0.158. The predicted molar refractivity (Wildman–Crippen MR) is 50.1 cm³/mol. The Morgan fingerprint density at radius 2 is 2.42 bits per heavy atom. The van der Waals surface area contributed by atoms with E-state index in [0.717, 1.165) is 19.7 Å². The first-order valence-corrected chi connectivity index (χ1v) is 4.73. The largest absolute Gasteiger partial charge is 0.379 e. The highest BCUT2D eigenvalue weighted by atomic mass is 16.5. The van der Waals surface area contributed by atoms with Crippen LogP contribution in [0.5, 0.6) is 0 Å². The van der Waals surface area contributed by atoms with Crippen LogP contribution in [0.2, 0.25) is 0 Å². The monoisotopic (exact) mass is 172 g/mol. The van der Waals surface area contributed by atoms with Crippen molar-refractivity contribution in [2.75, 3.05) is 26.3 Å². The minimum Gasteiger partial charge on any atom is -0.379 e. The molecular formula is C9H20N2O. The second kappa shape index (κ2) is 4.21. The van der Waals surface area contributed by atoms with Gasteiger partial charge in [0.05, 0.1) is 13.2 Å². The van der Waals surface area contributed by atoms with Crippen molar-refractivity contribution in [1.29, 1.82) is 0 Å². The smallest absolute Gasteiger partial charge is 0.0624 e. The van der Waals surface area contributed by atoms with Crippen LogP contribution in [-0.4, -0.2) is 32.3 Å². The molecule has 2 unspecified atom stereocenters. The van der Waals surface area contributed by atoms with E-state index in [9.17, 15) is 0 Å². The summed E-state index contributed by atoms with van der Waals surface area (Å²) in [5.74, 6) is 0. The molecule has 0 aromatic carbocycles. The molecule has 3 heteroatoms. The Kier molecular flexibility index (Phi) is 3.50. The molecular weight excluding hydrogens is 152 g/mol. The lowest BCUT2D eigenvalue weighted by atomic mass is 9.86. The first-order chi connectivity index (χ1) is 5.69. The zero-order valence-electron chi connectivity index (χ0n) is 8.10. The molecule has 0 saturated carbocycles. The molecule has 3 N–H and O–H groups in total. The summed E-state index contributed by atoms with van der Waals surface area (Å²) in [6.45, 7) is 7.91. The van der Waals surface area contributed by atoms with Gasteiger partial charge in [0.15, 0.2) is 0 Å². The van der Waals surface area contributed by atoms with Gasteiger partial charge in [0.25, 0.3) is 0 Å². The molecule has 2 atom stereocenters. The van der Waals surface area contributed by atoms with Crippen LogP contribution in [0.4, 0.5) is 0 Å². The molecule has 0 spiro atoms. The Balaban J connectivity index is 2.27. The normalized spacial score (nSPS) is 35.8. The number of nitrogens with two attached hydrogens (primary N) is 1. The third-order valence-corrected chi connectivity index (χ3v) is 2.58. The molecule has 1 fully saturated rings. The zero-order valence-corrected chi connectivity index (χ0v) is 8.10. The number of nitrogens with one attached hydrogen (secondary N) is 1. The fourth-order valence-electron chi connectivity index (χ4n) is 1.46. The van der Waals surface area contributed by atoms with Gasteiger partial charge in [-0.3, -0.25) is 0 Å². The van der Waals surface area contributed by atoms with Gasteiger partial charge in [0.1, 0.15) is 0 Å². The summed E-state index contributed by atoms with van der Waals surface area (Å²) in [6, 6.07) is 0.196. The molecule has 1 saturated heterocycles. The third-order valence-electron chi connectivity index (χ3n) is 2.58. The van der Waals surface area contributed by atoms with E-state index in [4.69, 9.17) is 10.5 Å². The molecule has 3 nitrogen and oxygen atoms in total. The van der Waals surface area contributed by atoms with Gasteiger partial charge in [-0.2, -0.15) is 0 Å². The van der Waals surface area contributed by atoms with Crippen molar-refractivity contribution in [2.24, 2.45) is 11.1 Å². The van der Waals surface area contributed by atoms with Crippen LogP contribution in [0.25, 0.3) is 0 Å². The average molecular weight is 172 g/mol. The first kappa shape index (κ1) is 9.96. The number of hydrogen-bond acceptors (Lipinski definition) is 3. The Hall–Kier alpha value is -0.120. The van der Waals surface area contributed by atoms with Gasteiger partial charge in [-0.15, -0.1) is 0 Å². The fraction of sp³-hybridized carbons (Fsp3) is 1.00. The standard InChI is InChI=1S/C9H20N2O/c1-3-4-11-6-9(2)7-12-5-8(9)10/h8,11H,3-7,10H2,1-2H3. The van der Waals surface area contributed by atoms with Gasteiger partial charge in [0, 0.05) is 18.0 Å². The van der Waals surface area contributed by atoms with Gasteiger partial charge in [-0.1, -0.05) is 13.8 Å². The van der Waals surface area contributed by atoms with Crippen LogP contribution in [0.15, 0.2) is 0 Å². The Morgan fingerprint density at radius 3 is 2.92 bits per heavy atom. The topological polar surface area (TPSA) is 47.3 Å². The van der Waals surface area contributed by atoms with E-state index in [1.165, 1.54) is 6.42 Å². The second-order valence-electron chi connectivity index (χ2n) is 3.95. The molecule has 0 aliphatic carbocycles. The van der Waals surface area contributed by atoms with Crippen molar-refractivity contribution in [1.82, 2.24) is 5.32 Å². The molecule has 0 bridgehead atoms. The van der Waals surface area contributed by atoms with Crippen molar-refractivity contribution in [3.63, 3.8) is 0 Å². The van der Waals surface area contributed by atoms with Gasteiger partial charge in [0.2, 0.25) is 0 Å². The highest BCUT2D eigenvalue weighted by Crippen LogP contribution is 2.25. The lowest BCUT2D eigenvalue weighted by Crippen LogP contribution is -2.45. The molecule has 0 aromatic rings. The number of hydrogen-bond donors (Lipinski definition) is 2. The van der Waals surface area contributed by atoms with E-state index >= 15 is 0 Å². The molecule has 1 heterocycles. The molecule has 1 aliphatic heterocycles. The first-order valence-electron chi connectivity index (χ1n) is 4.73. The molecule has 0 aromatic heterocycles. The summed E-state index contributed by atoms with van der Waals surface area (Å²) >= 11 is 0. The molecule has 1 aliphatic rings. The van der Waals surface area contributed by atoms with E-state index in [0.29, 0.717) is 6.61 Å². The van der Waals surface area contributed by atoms with Crippen LogP contribution >= 0.6 is 0 Å². The van der Waals surface area contributed by atoms with Gasteiger partial charge in [-0.05, 0) is 13.0 Å². The average Bonchev–Trinajstić information content (AvgIpc) is 2.34. The maximum atomic E-state index is 5.93. The molecule has 1 rings (SSSR count). The van der Waals surface area contributed by atoms with E-state index < -0.39 is 0 Å². The minimum atomic E-state index is 0.148. The summed E-state index contributed by atoms with van der Waals surface area (Å²) in [6.07, 6.45) is 1.17. The molecule has 0 radical (unpaired) electrons. The summed E-state index contributed by atoms with van der Waals surface area (Å²) in [5.41, 5.74) is 6.08. The zero-order chi connectivity index (χ0) is 9.03. The van der Waals surface area contributed by atoms with Crippen molar-refractivity contribution in [2.45, 2.75) is 26.3 Å². The quantitative estimate of drug-likeness (QED) is 0.602. The number of ether oxygens (including phenoxy) is 1. The van der Waals surface area contributed by atoms with Crippen LogP contribution in [-0.2, 0) is 4.74 Å². The summed E-state index contributed by atoms with van der Waals surface area (Å²) in [4.78, 5) is 0. The Labute approximate surface area is 74.7 Å². The highest BCUT2D eigenvalue weighted by molar-refractivity contribution is 4.91. The summed E-state index contributed by atoms with van der Waals surface area (Å²) in [7, 11) is 0. The van der Waals surface area contributed by atoms with E-state index in [2.05, 4.69) is 19.2 Å². The van der Waals surface area contributed by atoms with Crippen LogP contribution < -0.4 is 11.1 Å². The third kappa shape index (κ3) is 2.19. The van der Waals surface area contributed by atoms with E-state index in [1.807, 2.05) is 0 Å². The van der Waals surface area contributed by atoms with Crippen LogP contribution in [0, 0.1) is 5.41 Å². The highest BCUT2D eigenvalue weighted by Gasteiger charge is 2.36. The maximum absolute atomic E-state index is 5.93. The molecule has 0 amide bonds. The summed E-state index contributed by atoms with van der Waals surface area (Å²) < 4.78 is 5.34. The fourth-order valence-corrected chi connectivity index (χ4v) is 1.46. The van der Waals surface area contributed by atoms with E-state index in [1.54, 1.807) is 0 Å². The maximum Gasteiger partial charge on any atom is 0.0624 e. The second-order valence-corrected chi connectivity index (χ2v) is 3.95. The number of rotatable bonds is 4. The minimum absolute atomic E-state index is 0.148. The van der Waals surface area contributed by atoms with Crippen molar-refractivity contribution >= 4 is 0 Å². The van der Waals surface area contributed by atoms with Crippen LogP contribution in [0.3, 0.4) is 0 Å². The molecule has 72 valence electrons. The van der Waals surface area contributed by atoms with E-state index in [-0.39, 0.29) is 11.5 Å². The molecule has 12 heavy (non-hydrogen) atoms. The Bertz CT molecular complexity index is 140. The van der Waals surface area contributed by atoms with Gasteiger partial charge < -0.3 is 15.8 Å². The summed E-state index contributed by atoms with van der Waals surface area (Å²) in [5, 5.41) is 3.39. The van der Waals surface area contributed by atoms with Crippen molar-refractivity contribution in [3.05, 3.63) is 0 Å². The van der Waals surface area contributed by atoms with Crippen LogP contribution in [0.1, 0.15) is 20.3 Å². The van der Waals surface area contributed by atoms with Gasteiger partial charge in [-0.25, -0.2) is 0 Å². The SMILES string of the molecule is CCCNCC1(C)COCC1N. The van der Waals surface area contributed by atoms with Gasteiger partial charge >= 0.3 is 0 Å². The lowest BCUT2D eigenvalue weighted by Gasteiger charge is -2.26. The predicted octanol–water partition coefficient (Wildman–Crippen LogP) is 0.350. The van der Waals surface area contributed by atoms with Crippen molar-refractivity contribution in [3.8, 4) is 0 Å². The Morgan fingerprint density at radius 1 is 1.67 bits per heavy atom. The van der Waals surface area contributed by atoms with Crippen molar-refractivity contribution < 1.29 is 4.74 Å².